The van der Waals surface area contributed by atoms with E-state index in [0.29, 0.717) is 11.1 Å². The molecule has 0 radical (unpaired) electrons. The van der Waals surface area contributed by atoms with Crippen LogP contribution in [0.2, 0.25) is 0 Å². The number of primary amides is 1. The number of ether oxygens (including phenoxy) is 1. The van der Waals surface area contributed by atoms with Crippen molar-refractivity contribution >= 4 is 22.8 Å². The molecule has 0 saturated carbocycles. The highest BCUT2D eigenvalue weighted by Crippen LogP contribution is 2.23. The first-order valence-corrected chi connectivity index (χ1v) is 7.19. The Morgan fingerprint density at radius 1 is 1.09 bits per heavy atom. The molecule has 0 spiro atoms. The molecule has 5 nitrogen and oxygen atoms in total. The molecule has 3 aromatic rings. The van der Waals surface area contributed by atoms with Crippen molar-refractivity contribution in [1.29, 1.82) is 0 Å². The smallest absolute Gasteiger partial charge is 0.340 e. The number of nitrogens with two attached hydrogens (primary N) is 1. The van der Waals surface area contributed by atoms with Crippen molar-refractivity contribution in [3.05, 3.63) is 70.9 Å². The van der Waals surface area contributed by atoms with Gasteiger partial charge in [0.05, 0.1) is 5.56 Å². The first kappa shape index (κ1) is 14.8. The van der Waals surface area contributed by atoms with Crippen LogP contribution in [0.1, 0.15) is 32.0 Å². The van der Waals surface area contributed by atoms with Crippen LogP contribution in [-0.4, -0.2) is 16.9 Å². The number of hydrogen-bond donors (Lipinski definition) is 2. The van der Waals surface area contributed by atoms with Crippen molar-refractivity contribution in [2.45, 2.75) is 13.5 Å². The van der Waals surface area contributed by atoms with Gasteiger partial charge < -0.3 is 15.5 Å². The first-order chi connectivity index (χ1) is 11.1. The van der Waals surface area contributed by atoms with Crippen molar-refractivity contribution in [1.82, 2.24) is 4.98 Å². The summed E-state index contributed by atoms with van der Waals surface area (Å²) in [6.45, 7) is 1.98. The number of aromatic nitrogens is 1. The number of carbonyl (C=O) groups is 2. The van der Waals surface area contributed by atoms with Crippen LogP contribution in [0.15, 0.2) is 48.5 Å². The number of benzene rings is 2. The summed E-state index contributed by atoms with van der Waals surface area (Å²) in [7, 11) is 0. The maximum absolute atomic E-state index is 12.4. The van der Waals surface area contributed by atoms with Crippen molar-refractivity contribution in [3.8, 4) is 0 Å². The van der Waals surface area contributed by atoms with Gasteiger partial charge in [0.25, 0.3) is 0 Å². The Labute approximate surface area is 133 Å². The molecule has 0 aliphatic carbocycles. The summed E-state index contributed by atoms with van der Waals surface area (Å²) in [5, 5.41) is 0.846. The summed E-state index contributed by atoms with van der Waals surface area (Å²) >= 11 is 0. The van der Waals surface area contributed by atoms with Gasteiger partial charge in [-0.3, -0.25) is 4.79 Å². The zero-order chi connectivity index (χ0) is 16.4. The van der Waals surface area contributed by atoms with E-state index in [-0.39, 0.29) is 12.6 Å². The van der Waals surface area contributed by atoms with Gasteiger partial charge in [-0.05, 0) is 30.7 Å². The van der Waals surface area contributed by atoms with Crippen LogP contribution in [-0.2, 0) is 11.3 Å². The maximum atomic E-state index is 12.4. The van der Waals surface area contributed by atoms with E-state index in [0.717, 1.165) is 22.2 Å². The minimum absolute atomic E-state index is 0.136. The fourth-order valence-electron chi connectivity index (χ4n) is 2.53. The summed E-state index contributed by atoms with van der Waals surface area (Å²) < 4.78 is 5.39. The monoisotopic (exact) mass is 308 g/mol. The highest BCUT2D eigenvalue weighted by Gasteiger charge is 2.17. The molecule has 1 aromatic heterocycles. The van der Waals surface area contributed by atoms with Crippen LogP contribution in [0.4, 0.5) is 0 Å². The molecule has 23 heavy (non-hydrogen) atoms. The van der Waals surface area contributed by atoms with E-state index in [2.05, 4.69) is 4.98 Å². The van der Waals surface area contributed by atoms with E-state index in [9.17, 15) is 9.59 Å². The lowest BCUT2D eigenvalue weighted by Crippen LogP contribution is -2.11. The van der Waals surface area contributed by atoms with Gasteiger partial charge in [-0.2, -0.15) is 0 Å². The van der Waals surface area contributed by atoms with Gasteiger partial charge in [0, 0.05) is 22.2 Å². The molecular formula is C18H16N2O3. The molecule has 0 fully saturated rings. The second kappa shape index (κ2) is 5.96. The quantitative estimate of drug-likeness (QED) is 0.727. The summed E-state index contributed by atoms with van der Waals surface area (Å²) in [5.74, 6) is -0.859. The highest BCUT2D eigenvalue weighted by molar-refractivity contribution is 6.05. The lowest BCUT2D eigenvalue weighted by Gasteiger charge is -2.06. The van der Waals surface area contributed by atoms with Crippen molar-refractivity contribution in [3.63, 3.8) is 0 Å². The summed E-state index contributed by atoms with van der Waals surface area (Å²) in [6.07, 6.45) is 0. The van der Waals surface area contributed by atoms with E-state index in [1.54, 1.807) is 24.3 Å². The number of carbonyl (C=O) groups excluding carboxylic acids is 2. The van der Waals surface area contributed by atoms with E-state index in [4.69, 9.17) is 10.5 Å². The van der Waals surface area contributed by atoms with Gasteiger partial charge in [-0.15, -0.1) is 0 Å². The third kappa shape index (κ3) is 2.94. The number of rotatable bonds is 4. The molecule has 0 atom stereocenters. The van der Waals surface area contributed by atoms with Crippen LogP contribution >= 0.6 is 0 Å². The van der Waals surface area contributed by atoms with Crippen LogP contribution in [0, 0.1) is 6.92 Å². The fourth-order valence-corrected chi connectivity index (χ4v) is 2.53. The van der Waals surface area contributed by atoms with Gasteiger partial charge in [-0.1, -0.05) is 30.3 Å². The van der Waals surface area contributed by atoms with Crippen molar-refractivity contribution < 1.29 is 14.3 Å². The summed E-state index contributed by atoms with van der Waals surface area (Å²) in [6, 6.07) is 14.3. The maximum Gasteiger partial charge on any atom is 0.340 e. The number of esters is 1. The molecule has 0 aliphatic heterocycles. The number of amides is 1. The molecule has 2 aromatic carbocycles. The standard InChI is InChI=1S/C18H16N2O3/c1-11-16(14-4-2-3-5-15(14)20-11)18(22)23-10-12-6-8-13(9-7-12)17(19)21/h2-9,20H,10H2,1H3,(H2,19,21). The molecule has 0 saturated heterocycles. The van der Waals surface area contributed by atoms with E-state index in [1.807, 2.05) is 31.2 Å². The van der Waals surface area contributed by atoms with Crippen LogP contribution < -0.4 is 5.73 Å². The number of nitrogens with one attached hydrogen (secondary N) is 1. The average molecular weight is 308 g/mol. The van der Waals surface area contributed by atoms with Crippen molar-refractivity contribution in [2.24, 2.45) is 5.73 Å². The minimum atomic E-state index is -0.483. The predicted molar refractivity (Wildman–Crippen MR) is 87.1 cm³/mol. The zero-order valence-corrected chi connectivity index (χ0v) is 12.6. The molecule has 1 amide bonds. The second-order valence-electron chi connectivity index (χ2n) is 5.31. The molecule has 5 heteroatoms. The van der Waals surface area contributed by atoms with Gasteiger partial charge in [0.1, 0.15) is 6.61 Å². The molecule has 0 bridgehead atoms. The molecule has 3 N–H and O–H groups in total. The predicted octanol–water partition coefficient (Wildman–Crippen LogP) is 2.93. The molecule has 1 heterocycles. The lowest BCUT2D eigenvalue weighted by molar-refractivity contribution is 0.0474. The Hall–Kier alpha value is -3.08. The van der Waals surface area contributed by atoms with Crippen LogP contribution in [0.5, 0.6) is 0 Å². The summed E-state index contributed by atoms with van der Waals surface area (Å²) in [5.41, 5.74) is 8.64. The number of aromatic amines is 1. The van der Waals surface area contributed by atoms with Gasteiger partial charge in [-0.25, -0.2) is 4.79 Å². The molecule has 3 rings (SSSR count). The number of H-pyrrole nitrogens is 1. The first-order valence-electron chi connectivity index (χ1n) is 7.19. The number of para-hydroxylation sites is 1. The Bertz CT molecular complexity index is 879. The average Bonchev–Trinajstić information content (AvgIpc) is 2.88. The fraction of sp³-hybridized carbons (Fsp3) is 0.111. The molecule has 0 aliphatic rings. The van der Waals surface area contributed by atoms with E-state index < -0.39 is 5.91 Å². The van der Waals surface area contributed by atoms with E-state index in [1.165, 1.54) is 0 Å². The van der Waals surface area contributed by atoms with Gasteiger partial charge in [0.15, 0.2) is 0 Å². The lowest BCUT2D eigenvalue weighted by atomic mass is 10.1. The Morgan fingerprint density at radius 3 is 2.48 bits per heavy atom. The minimum Gasteiger partial charge on any atom is -0.457 e. The SMILES string of the molecule is Cc1[nH]c2ccccc2c1C(=O)OCc1ccc(C(N)=O)cc1. The number of aryl methyl sites for hydroxylation is 1. The van der Waals surface area contributed by atoms with Crippen LogP contribution in [0.25, 0.3) is 10.9 Å². The molecule has 116 valence electrons. The van der Waals surface area contributed by atoms with E-state index >= 15 is 0 Å². The normalized spacial score (nSPS) is 10.7. The zero-order valence-electron chi connectivity index (χ0n) is 12.6. The van der Waals surface area contributed by atoms with Gasteiger partial charge >= 0.3 is 5.97 Å². The third-order valence-corrected chi connectivity index (χ3v) is 3.71. The highest BCUT2D eigenvalue weighted by atomic mass is 16.5. The number of hydrogen-bond acceptors (Lipinski definition) is 3. The number of fused-ring (bicyclic) bond motifs is 1. The Morgan fingerprint density at radius 2 is 1.78 bits per heavy atom. The van der Waals surface area contributed by atoms with Crippen molar-refractivity contribution in [2.75, 3.05) is 0 Å². The van der Waals surface area contributed by atoms with Crippen LogP contribution in [0.3, 0.4) is 0 Å². The molecular weight excluding hydrogens is 292 g/mol. The van der Waals surface area contributed by atoms with Gasteiger partial charge in [0.2, 0.25) is 5.91 Å². The topological polar surface area (TPSA) is 85.2 Å². The molecule has 0 unspecified atom stereocenters. The largest absolute Gasteiger partial charge is 0.457 e. The Kier molecular flexibility index (Phi) is 3.85. The Balaban J connectivity index is 1.76. The second-order valence-corrected chi connectivity index (χ2v) is 5.31. The third-order valence-electron chi connectivity index (χ3n) is 3.71. The summed E-state index contributed by atoms with van der Waals surface area (Å²) in [4.78, 5) is 26.6.